The van der Waals surface area contributed by atoms with E-state index >= 15 is 0 Å². The smallest absolute Gasteiger partial charge is 0.254 e. The molecule has 0 aromatic heterocycles. The molecule has 2 rings (SSSR count). The van der Waals surface area contributed by atoms with Crippen molar-refractivity contribution in [1.82, 2.24) is 10.2 Å². The highest BCUT2D eigenvalue weighted by Crippen LogP contribution is 2.19. The lowest BCUT2D eigenvalue weighted by Gasteiger charge is -2.17. The lowest BCUT2D eigenvalue weighted by Crippen LogP contribution is -2.33. The van der Waals surface area contributed by atoms with Gasteiger partial charge in [0, 0.05) is 29.7 Å². The molecule has 1 fully saturated rings. The van der Waals surface area contributed by atoms with Crippen molar-refractivity contribution in [2.24, 2.45) is 0 Å². The van der Waals surface area contributed by atoms with E-state index in [4.69, 9.17) is 11.6 Å². The maximum atomic E-state index is 12.3. The third-order valence-electron chi connectivity index (χ3n) is 3.30. The van der Waals surface area contributed by atoms with Gasteiger partial charge >= 0.3 is 0 Å². The molecule has 1 saturated heterocycles. The second-order valence-electron chi connectivity index (χ2n) is 4.48. The van der Waals surface area contributed by atoms with Gasteiger partial charge in [0.2, 0.25) is 0 Å². The molecule has 0 radical (unpaired) electrons. The van der Waals surface area contributed by atoms with Crippen LogP contribution < -0.4 is 5.32 Å². The summed E-state index contributed by atoms with van der Waals surface area (Å²) in [6.07, 6.45) is 1.02. The van der Waals surface area contributed by atoms with Gasteiger partial charge < -0.3 is 10.2 Å². The Bertz CT molecular complexity index is 437. The molecule has 1 atom stereocenters. The molecule has 0 spiro atoms. The minimum absolute atomic E-state index is 0. The number of hydrogen-bond acceptors (Lipinski definition) is 2. The van der Waals surface area contributed by atoms with Crippen LogP contribution in [0.4, 0.5) is 0 Å². The highest BCUT2D eigenvalue weighted by molar-refractivity contribution is 6.30. The average Bonchev–Trinajstić information content (AvgIpc) is 2.76. The standard InChI is InChI=1S/C13H17ClN2O.ClH/c1-9-7-10(14)3-4-12(9)13(17)16-6-5-11(8-16)15-2;/h3-4,7,11,15H,5-6,8H2,1-2H3;1H. The number of halogens is 2. The van der Waals surface area contributed by atoms with E-state index in [9.17, 15) is 4.79 Å². The molecule has 5 heteroatoms. The van der Waals surface area contributed by atoms with E-state index in [-0.39, 0.29) is 18.3 Å². The fourth-order valence-corrected chi connectivity index (χ4v) is 2.44. The molecule has 1 heterocycles. The zero-order valence-electron chi connectivity index (χ0n) is 10.6. The predicted octanol–water partition coefficient (Wildman–Crippen LogP) is 2.50. The molecular formula is C13H18Cl2N2O. The van der Waals surface area contributed by atoms with Crippen molar-refractivity contribution in [2.75, 3.05) is 20.1 Å². The number of benzene rings is 1. The number of likely N-dealkylation sites (N-methyl/N-ethyl adjacent to an activating group) is 1. The van der Waals surface area contributed by atoms with E-state index in [0.29, 0.717) is 11.1 Å². The minimum atomic E-state index is 0. The number of carbonyl (C=O) groups excluding carboxylic acids is 1. The first-order valence-electron chi connectivity index (χ1n) is 5.84. The number of nitrogens with one attached hydrogen (secondary N) is 1. The van der Waals surface area contributed by atoms with Crippen molar-refractivity contribution < 1.29 is 4.79 Å². The van der Waals surface area contributed by atoms with Crippen LogP contribution in [0.3, 0.4) is 0 Å². The molecule has 0 aliphatic carbocycles. The first-order valence-corrected chi connectivity index (χ1v) is 6.22. The number of aryl methyl sites for hydroxylation is 1. The second-order valence-corrected chi connectivity index (χ2v) is 4.92. The van der Waals surface area contributed by atoms with E-state index in [2.05, 4.69) is 5.32 Å². The summed E-state index contributed by atoms with van der Waals surface area (Å²) in [6.45, 7) is 3.54. The lowest BCUT2D eigenvalue weighted by atomic mass is 10.1. The van der Waals surface area contributed by atoms with Crippen molar-refractivity contribution in [3.05, 3.63) is 34.3 Å². The molecule has 1 aromatic rings. The molecule has 3 nitrogen and oxygen atoms in total. The lowest BCUT2D eigenvalue weighted by molar-refractivity contribution is 0.0789. The van der Waals surface area contributed by atoms with Crippen molar-refractivity contribution >= 4 is 29.9 Å². The Morgan fingerprint density at radius 3 is 2.78 bits per heavy atom. The van der Waals surface area contributed by atoms with Crippen LogP contribution in [0.15, 0.2) is 18.2 Å². The van der Waals surface area contributed by atoms with Gasteiger partial charge in [0.15, 0.2) is 0 Å². The first-order chi connectivity index (χ1) is 8.11. The van der Waals surface area contributed by atoms with Crippen LogP contribution in [0.1, 0.15) is 22.3 Å². The van der Waals surface area contributed by atoms with E-state index in [1.54, 1.807) is 6.07 Å². The quantitative estimate of drug-likeness (QED) is 0.907. The molecule has 1 aliphatic heterocycles. The predicted molar refractivity (Wildman–Crippen MR) is 76.8 cm³/mol. The Balaban J connectivity index is 0.00000162. The van der Waals surface area contributed by atoms with Gasteiger partial charge in [0.25, 0.3) is 5.91 Å². The van der Waals surface area contributed by atoms with E-state index in [1.807, 2.05) is 31.0 Å². The zero-order valence-corrected chi connectivity index (χ0v) is 12.1. The van der Waals surface area contributed by atoms with Crippen LogP contribution in [0.5, 0.6) is 0 Å². The summed E-state index contributed by atoms with van der Waals surface area (Å²) in [7, 11) is 1.94. The van der Waals surface area contributed by atoms with E-state index in [1.165, 1.54) is 0 Å². The van der Waals surface area contributed by atoms with E-state index in [0.717, 1.165) is 30.6 Å². The monoisotopic (exact) mass is 288 g/mol. The Hall–Kier alpha value is -0.770. The van der Waals surface area contributed by atoms with Crippen LogP contribution in [-0.4, -0.2) is 37.0 Å². The summed E-state index contributed by atoms with van der Waals surface area (Å²) in [4.78, 5) is 14.2. The molecule has 1 N–H and O–H groups in total. The number of nitrogens with zero attached hydrogens (tertiary/aromatic N) is 1. The average molecular weight is 289 g/mol. The summed E-state index contributed by atoms with van der Waals surface area (Å²) in [5.41, 5.74) is 1.70. The third kappa shape index (κ3) is 3.16. The maximum Gasteiger partial charge on any atom is 0.254 e. The summed E-state index contributed by atoms with van der Waals surface area (Å²) in [5.74, 6) is 0.108. The fraction of sp³-hybridized carbons (Fsp3) is 0.462. The Labute approximate surface area is 119 Å². The van der Waals surface area contributed by atoms with Crippen molar-refractivity contribution in [2.45, 2.75) is 19.4 Å². The van der Waals surface area contributed by atoms with Gasteiger partial charge in [-0.05, 0) is 44.2 Å². The van der Waals surface area contributed by atoms with Crippen LogP contribution in [0.25, 0.3) is 0 Å². The normalized spacial score (nSPS) is 18.6. The second kappa shape index (κ2) is 6.41. The fourth-order valence-electron chi connectivity index (χ4n) is 2.22. The van der Waals surface area contributed by atoms with Gasteiger partial charge in [-0.2, -0.15) is 0 Å². The molecule has 18 heavy (non-hydrogen) atoms. The molecule has 0 bridgehead atoms. The van der Waals surface area contributed by atoms with E-state index < -0.39 is 0 Å². The summed E-state index contributed by atoms with van der Waals surface area (Å²) < 4.78 is 0. The van der Waals surface area contributed by atoms with Crippen LogP contribution in [0.2, 0.25) is 5.02 Å². The van der Waals surface area contributed by atoms with Crippen LogP contribution >= 0.6 is 24.0 Å². The van der Waals surface area contributed by atoms with Gasteiger partial charge in [-0.15, -0.1) is 12.4 Å². The van der Waals surface area contributed by atoms with Crippen LogP contribution in [0, 0.1) is 6.92 Å². The summed E-state index contributed by atoms with van der Waals surface area (Å²) in [6, 6.07) is 5.84. The van der Waals surface area contributed by atoms with Crippen LogP contribution in [-0.2, 0) is 0 Å². The van der Waals surface area contributed by atoms with Gasteiger partial charge in [-0.3, -0.25) is 4.79 Å². The number of rotatable bonds is 2. The summed E-state index contributed by atoms with van der Waals surface area (Å²) >= 11 is 5.89. The maximum absolute atomic E-state index is 12.3. The molecule has 100 valence electrons. The number of likely N-dealkylation sites (tertiary alicyclic amines) is 1. The van der Waals surface area contributed by atoms with Crippen molar-refractivity contribution in [3.63, 3.8) is 0 Å². The summed E-state index contributed by atoms with van der Waals surface area (Å²) in [5, 5.41) is 3.88. The highest BCUT2D eigenvalue weighted by atomic mass is 35.5. The number of carbonyl (C=O) groups is 1. The first kappa shape index (κ1) is 15.3. The molecule has 1 aliphatic rings. The van der Waals surface area contributed by atoms with Gasteiger partial charge in [0.05, 0.1) is 0 Å². The Kier molecular flexibility index (Phi) is 5.45. The molecule has 1 amide bonds. The number of amides is 1. The molecule has 1 aromatic carbocycles. The third-order valence-corrected chi connectivity index (χ3v) is 3.54. The highest BCUT2D eigenvalue weighted by Gasteiger charge is 2.26. The SMILES string of the molecule is CNC1CCN(C(=O)c2ccc(Cl)cc2C)C1.Cl. The Morgan fingerprint density at radius 1 is 1.50 bits per heavy atom. The largest absolute Gasteiger partial charge is 0.337 e. The van der Waals surface area contributed by atoms with Gasteiger partial charge in [0.1, 0.15) is 0 Å². The topological polar surface area (TPSA) is 32.3 Å². The van der Waals surface area contributed by atoms with Crippen molar-refractivity contribution in [3.8, 4) is 0 Å². The number of hydrogen-bond donors (Lipinski definition) is 1. The van der Waals surface area contributed by atoms with Gasteiger partial charge in [-0.1, -0.05) is 11.6 Å². The molecule has 0 saturated carbocycles. The van der Waals surface area contributed by atoms with Gasteiger partial charge in [-0.25, -0.2) is 0 Å². The Morgan fingerprint density at radius 2 is 2.22 bits per heavy atom. The molecular weight excluding hydrogens is 271 g/mol. The minimum Gasteiger partial charge on any atom is -0.337 e. The molecule has 1 unspecified atom stereocenters. The zero-order chi connectivity index (χ0) is 12.4. The van der Waals surface area contributed by atoms with Crippen molar-refractivity contribution in [1.29, 1.82) is 0 Å².